The largest absolute Gasteiger partial charge is 0.340 e. The van der Waals surface area contributed by atoms with Crippen LogP contribution in [-0.4, -0.2) is 42.5 Å². The summed E-state index contributed by atoms with van der Waals surface area (Å²) in [6.07, 6.45) is 0.632. The highest BCUT2D eigenvalue weighted by Crippen LogP contribution is 2.25. The van der Waals surface area contributed by atoms with Crippen molar-refractivity contribution in [1.82, 2.24) is 9.97 Å². The van der Waals surface area contributed by atoms with Crippen LogP contribution < -0.4 is 10.2 Å². The molecule has 0 amide bonds. The van der Waals surface area contributed by atoms with Crippen LogP contribution in [0.25, 0.3) is 0 Å². The van der Waals surface area contributed by atoms with Crippen molar-refractivity contribution >= 4 is 27.3 Å². The van der Waals surface area contributed by atoms with Gasteiger partial charge in [-0.2, -0.15) is 4.98 Å². The Labute approximate surface area is 155 Å². The number of anilines is 3. The molecule has 140 valence electrons. The lowest BCUT2D eigenvalue weighted by Gasteiger charge is -2.27. The van der Waals surface area contributed by atoms with E-state index in [2.05, 4.69) is 47.3 Å². The molecule has 2 heterocycles. The Kier molecular flexibility index (Phi) is 5.18. The van der Waals surface area contributed by atoms with Crippen LogP contribution in [0, 0.1) is 20.8 Å². The maximum atomic E-state index is 11.9. The van der Waals surface area contributed by atoms with Crippen molar-refractivity contribution in [3.8, 4) is 0 Å². The van der Waals surface area contributed by atoms with Gasteiger partial charge >= 0.3 is 0 Å². The Balaban J connectivity index is 1.89. The van der Waals surface area contributed by atoms with E-state index >= 15 is 0 Å². The number of nitrogens with one attached hydrogen (secondary N) is 1. The van der Waals surface area contributed by atoms with Gasteiger partial charge < -0.3 is 10.2 Å². The minimum Gasteiger partial charge on any atom is -0.340 e. The Morgan fingerprint density at radius 1 is 1.12 bits per heavy atom. The van der Waals surface area contributed by atoms with Crippen molar-refractivity contribution in [2.45, 2.75) is 40.2 Å². The van der Waals surface area contributed by atoms with Gasteiger partial charge in [-0.3, -0.25) is 0 Å². The second-order valence-corrected chi connectivity index (χ2v) is 9.27. The van der Waals surface area contributed by atoms with Crippen molar-refractivity contribution < 1.29 is 8.42 Å². The predicted octanol–water partition coefficient (Wildman–Crippen LogP) is 3.16. The summed E-state index contributed by atoms with van der Waals surface area (Å²) >= 11 is 0. The summed E-state index contributed by atoms with van der Waals surface area (Å²) in [4.78, 5) is 11.2. The fraction of sp³-hybridized carbons (Fsp3) is 0.474. The second-order valence-electron chi connectivity index (χ2n) is 7.04. The summed E-state index contributed by atoms with van der Waals surface area (Å²) in [5, 5.41) is 3.36. The van der Waals surface area contributed by atoms with E-state index < -0.39 is 9.84 Å². The van der Waals surface area contributed by atoms with E-state index in [9.17, 15) is 8.42 Å². The molecule has 1 atom stereocenters. The van der Waals surface area contributed by atoms with Crippen LogP contribution in [0.3, 0.4) is 0 Å². The van der Waals surface area contributed by atoms with E-state index in [1.807, 2.05) is 24.8 Å². The molecule has 0 bridgehead atoms. The smallest absolute Gasteiger partial charge is 0.227 e. The van der Waals surface area contributed by atoms with Crippen LogP contribution in [0.5, 0.6) is 0 Å². The molecule has 1 aromatic carbocycles. The van der Waals surface area contributed by atoms with Crippen LogP contribution in [0.15, 0.2) is 24.3 Å². The third kappa shape index (κ3) is 4.33. The molecule has 26 heavy (non-hydrogen) atoms. The van der Waals surface area contributed by atoms with Crippen LogP contribution in [0.2, 0.25) is 0 Å². The third-order valence-electron chi connectivity index (χ3n) is 4.58. The molecule has 2 aromatic rings. The average molecular weight is 375 g/mol. The number of nitrogens with zero attached hydrogens (tertiary/aromatic N) is 3. The molecule has 7 heteroatoms. The minimum atomic E-state index is -2.95. The third-order valence-corrected chi connectivity index (χ3v) is 6.33. The van der Waals surface area contributed by atoms with E-state index in [0.29, 0.717) is 18.9 Å². The molecule has 1 fully saturated rings. The monoisotopic (exact) mass is 374 g/mol. The Morgan fingerprint density at radius 3 is 2.38 bits per heavy atom. The highest BCUT2D eigenvalue weighted by molar-refractivity contribution is 7.91. The second kappa shape index (κ2) is 7.23. The molecule has 1 unspecified atom stereocenters. The van der Waals surface area contributed by atoms with Crippen LogP contribution in [0.1, 0.15) is 30.2 Å². The Morgan fingerprint density at radius 2 is 1.81 bits per heavy atom. The lowest BCUT2D eigenvalue weighted by molar-refractivity contribution is 0.599. The topological polar surface area (TPSA) is 75.2 Å². The van der Waals surface area contributed by atoms with Gasteiger partial charge in [0.1, 0.15) is 5.82 Å². The zero-order chi connectivity index (χ0) is 18.9. The molecule has 3 rings (SSSR count). The number of aromatic nitrogens is 2. The molecular weight excluding hydrogens is 348 g/mol. The first-order valence-electron chi connectivity index (χ1n) is 8.94. The lowest BCUT2D eigenvalue weighted by Crippen LogP contribution is -2.37. The summed E-state index contributed by atoms with van der Waals surface area (Å²) in [6.45, 7) is 8.74. The summed E-state index contributed by atoms with van der Waals surface area (Å²) in [5.74, 6) is 1.73. The molecule has 0 aliphatic carbocycles. The van der Waals surface area contributed by atoms with Gasteiger partial charge in [-0.15, -0.1) is 0 Å². The van der Waals surface area contributed by atoms with E-state index in [0.717, 1.165) is 17.2 Å². The summed E-state index contributed by atoms with van der Waals surface area (Å²) in [6, 6.07) is 8.12. The van der Waals surface area contributed by atoms with Gasteiger partial charge in [0.05, 0.1) is 11.5 Å². The zero-order valence-corrected chi connectivity index (χ0v) is 16.6. The lowest BCUT2D eigenvalue weighted by atomic mass is 10.1. The first-order chi connectivity index (χ1) is 12.3. The van der Waals surface area contributed by atoms with E-state index in [1.54, 1.807) is 0 Å². The van der Waals surface area contributed by atoms with Crippen molar-refractivity contribution in [2.75, 3.05) is 28.3 Å². The molecule has 1 aliphatic heterocycles. The Hall–Kier alpha value is -2.15. The first-order valence-corrected chi connectivity index (χ1v) is 10.8. The van der Waals surface area contributed by atoms with E-state index in [-0.39, 0.29) is 17.5 Å². The molecule has 1 aromatic heterocycles. The molecule has 0 saturated carbocycles. The van der Waals surface area contributed by atoms with Gasteiger partial charge in [0.2, 0.25) is 5.95 Å². The molecule has 6 nitrogen and oxygen atoms in total. The summed E-state index contributed by atoms with van der Waals surface area (Å²) in [5.41, 5.74) is 4.20. The number of aryl methyl sites for hydroxylation is 3. The summed E-state index contributed by atoms with van der Waals surface area (Å²) in [7, 11) is -2.95. The average Bonchev–Trinajstić information content (AvgIpc) is 2.86. The zero-order valence-electron chi connectivity index (χ0n) is 15.8. The predicted molar refractivity (Wildman–Crippen MR) is 106 cm³/mol. The van der Waals surface area contributed by atoms with Gasteiger partial charge in [-0.05, 0) is 57.4 Å². The van der Waals surface area contributed by atoms with E-state index in [4.69, 9.17) is 0 Å². The molecule has 0 radical (unpaired) electrons. The highest BCUT2D eigenvalue weighted by Gasteiger charge is 2.33. The standard InChI is InChI=1S/C19H26N4O2S/c1-5-23(17-6-7-26(24,25)12-17)19-20-15(4)11-18(22-19)21-16-9-13(2)8-14(3)10-16/h8-11,17H,5-7,12H2,1-4H3,(H,20,21,22). The number of rotatable bonds is 5. The molecule has 1 aliphatic rings. The number of hydrogen-bond donors (Lipinski definition) is 1. The van der Waals surface area contributed by atoms with Crippen LogP contribution in [0.4, 0.5) is 17.5 Å². The molecule has 1 saturated heterocycles. The molecule has 0 spiro atoms. The van der Waals surface area contributed by atoms with Gasteiger partial charge in [-0.1, -0.05) is 6.07 Å². The van der Waals surface area contributed by atoms with E-state index in [1.165, 1.54) is 11.1 Å². The highest BCUT2D eigenvalue weighted by atomic mass is 32.2. The minimum absolute atomic E-state index is 0.0548. The normalized spacial score (nSPS) is 18.7. The van der Waals surface area contributed by atoms with Crippen LogP contribution >= 0.6 is 0 Å². The number of hydrogen-bond acceptors (Lipinski definition) is 6. The van der Waals surface area contributed by atoms with Gasteiger partial charge in [0.25, 0.3) is 0 Å². The first kappa shape index (κ1) is 18.6. The summed E-state index contributed by atoms with van der Waals surface area (Å²) < 4.78 is 23.7. The van der Waals surface area contributed by atoms with Crippen molar-refractivity contribution in [3.05, 3.63) is 41.1 Å². The molecular formula is C19H26N4O2S. The Bertz CT molecular complexity index is 892. The van der Waals surface area contributed by atoms with Crippen molar-refractivity contribution in [2.24, 2.45) is 0 Å². The fourth-order valence-electron chi connectivity index (χ4n) is 3.52. The maximum Gasteiger partial charge on any atom is 0.227 e. The van der Waals surface area contributed by atoms with Crippen molar-refractivity contribution in [3.63, 3.8) is 0 Å². The SMILES string of the molecule is CCN(c1nc(C)cc(Nc2cc(C)cc(C)c2)n1)C1CCS(=O)(=O)C1. The van der Waals surface area contributed by atoms with Crippen LogP contribution in [-0.2, 0) is 9.84 Å². The number of sulfone groups is 1. The van der Waals surface area contributed by atoms with Crippen molar-refractivity contribution in [1.29, 1.82) is 0 Å². The quantitative estimate of drug-likeness (QED) is 0.866. The fourth-order valence-corrected chi connectivity index (χ4v) is 5.25. The van der Waals surface area contributed by atoms with Gasteiger partial charge in [0.15, 0.2) is 9.84 Å². The van der Waals surface area contributed by atoms with Gasteiger partial charge in [0, 0.05) is 30.0 Å². The number of benzene rings is 1. The maximum absolute atomic E-state index is 11.9. The molecule has 1 N–H and O–H groups in total. The van der Waals surface area contributed by atoms with Gasteiger partial charge in [-0.25, -0.2) is 13.4 Å².